The number of amides is 1. The van der Waals surface area contributed by atoms with E-state index in [0.717, 1.165) is 17.7 Å². The average Bonchev–Trinajstić information content (AvgIpc) is 2.85. The normalized spacial score (nSPS) is 15.6. The molecule has 0 saturated carbocycles. The summed E-state index contributed by atoms with van der Waals surface area (Å²) in [6.07, 6.45) is -4.42. The van der Waals surface area contributed by atoms with Crippen LogP contribution in [-0.2, 0) is 10.9 Å². The highest BCUT2D eigenvalue weighted by atomic mass is 19.4. The molecule has 2 aromatic carbocycles. The molecule has 1 amide bonds. The molecule has 3 aromatic rings. The van der Waals surface area contributed by atoms with Crippen LogP contribution in [0.2, 0.25) is 0 Å². The van der Waals surface area contributed by atoms with Gasteiger partial charge in [0.2, 0.25) is 0 Å². The van der Waals surface area contributed by atoms with E-state index in [9.17, 15) is 22.8 Å². The number of halogens is 3. The Balaban J connectivity index is 1.51. The molecule has 2 N–H and O–H groups in total. The highest BCUT2D eigenvalue weighted by Gasteiger charge is 2.31. The molecule has 0 radical (unpaired) electrons. The van der Waals surface area contributed by atoms with Crippen molar-refractivity contribution in [3.63, 3.8) is 0 Å². The lowest BCUT2D eigenvalue weighted by atomic mass is 10.0. The largest absolute Gasteiger partial charge is 0.416 e. The van der Waals surface area contributed by atoms with Crippen molar-refractivity contribution in [2.75, 3.05) is 32.8 Å². The Morgan fingerprint density at radius 1 is 1.00 bits per heavy atom. The number of morpholine rings is 1. The van der Waals surface area contributed by atoms with Crippen molar-refractivity contribution in [3.8, 4) is 11.3 Å². The third-order valence-corrected chi connectivity index (χ3v) is 5.80. The maximum atomic E-state index is 13.0. The number of nitrogens with zero attached hydrogens (tertiary/aromatic N) is 1. The summed E-state index contributed by atoms with van der Waals surface area (Å²) >= 11 is 0. The van der Waals surface area contributed by atoms with E-state index >= 15 is 0 Å². The number of carbonyl (C=O) groups excluding carboxylic acids is 1. The zero-order chi connectivity index (χ0) is 24.1. The third-order valence-electron chi connectivity index (χ3n) is 5.80. The van der Waals surface area contributed by atoms with E-state index in [1.165, 1.54) is 18.2 Å². The fourth-order valence-corrected chi connectivity index (χ4v) is 3.96. The zero-order valence-corrected chi connectivity index (χ0v) is 18.3. The Bertz CT molecular complexity index is 1170. The molecule has 6 nitrogen and oxygen atoms in total. The minimum Gasteiger partial charge on any atom is -0.379 e. The van der Waals surface area contributed by atoms with Crippen molar-refractivity contribution in [2.45, 2.75) is 12.2 Å². The van der Waals surface area contributed by atoms with Gasteiger partial charge in [-0.1, -0.05) is 42.5 Å². The van der Waals surface area contributed by atoms with Crippen molar-refractivity contribution in [1.82, 2.24) is 15.2 Å². The van der Waals surface area contributed by atoms with Crippen LogP contribution in [0.3, 0.4) is 0 Å². The van der Waals surface area contributed by atoms with Gasteiger partial charge >= 0.3 is 6.18 Å². The van der Waals surface area contributed by atoms with Crippen molar-refractivity contribution >= 4 is 5.91 Å². The van der Waals surface area contributed by atoms with Crippen LogP contribution in [0.15, 0.2) is 71.5 Å². The second-order valence-electron chi connectivity index (χ2n) is 7.97. The maximum Gasteiger partial charge on any atom is 0.416 e. The first kappa shape index (κ1) is 23.7. The summed E-state index contributed by atoms with van der Waals surface area (Å²) in [6.45, 7) is 2.27. The van der Waals surface area contributed by atoms with Gasteiger partial charge < -0.3 is 15.0 Å². The predicted molar refractivity (Wildman–Crippen MR) is 121 cm³/mol. The number of H-pyrrole nitrogens is 1. The molecular weight excluding hydrogens is 447 g/mol. The summed E-state index contributed by atoms with van der Waals surface area (Å²) < 4.78 is 44.3. The number of benzene rings is 2. The van der Waals surface area contributed by atoms with E-state index in [-0.39, 0.29) is 18.2 Å². The molecule has 1 aromatic heterocycles. The lowest BCUT2D eigenvalue weighted by Gasteiger charge is -2.35. The van der Waals surface area contributed by atoms with Crippen LogP contribution in [0.5, 0.6) is 0 Å². The lowest BCUT2D eigenvalue weighted by molar-refractivity contribution is -0.137. The van der Waals surface area contributed by atoms with E-state index in [1.54, 1.807) is 6.07 Å². The van der Waals surface area contributed by atoms with Crippen molar-refractivity contribution < 1.29 is 22.7 Å². The second kappa shape index (κ2) is 10.2. The van der Waals surface area contributed by atoms with Gasteiger partial charge in [-0.3, -0.25) is 14.5 Å². The van der Waals surface area contributed by atoms with Crippen LogP contribution < -0.4 is 10.9 Å². The number of aromatic nitrogens is 1. The molecule has 9 heteroatoms. The highest BCUT2D eigenvalue weighted by Crippen LogP contribution is 2.31. The lowest BCUT2D eigenvalue weighted by Crippen LogP contribution is -2.44. The van der Waals surface area contributed by atoms with Crippen LogP contribution in [0.25, 0.3) is 11.3 Å². The zero-order valence-electron chi connectivity index (χ0n) is 18.3. The number of ether oxygens (including phenoxy) is 1. The highest BCUT2D eigenvalue weighted by molar-refractivity contribution is 5.94. The summed E-state index contributed by atoms with van der Waals surface area (Å²) in [5.74, 6) is -0.550. The molecule has 1 saturated heterocycles. The van der Waals surface area contributed by atoms with Crippen molar-refractivity contribution in [1.29, 1.82) is 0 Å². The molecule has 1 aliphatic rings. The van der Waals surface area contributed by atoms with Crippen molar-refractivity contribution in [3.05, 3.63) is 93.8 Å². The minimum atomic E-state index is -4.42. The molecule has 1 atom stereocenters. The SMILES string of the molecule is O=C(NCC(c1ccc(C(F)(F)F)cc1)N1CCOCC1)c1ccc(-c2ccccc2)[nH]c1=O. The molecule has 1 fully saturated rings. The standard InChI is InChI=1S/C25H24F3N3O3/c26-25(27,28)19-8-6-18(7-9-19)22(31-12-14-34-15-13-31)16-29-23(32)20-10-11-21(30-24(20)33)17-4-2-1-3-5-17/h1-11,22H,12-16H2,(H,29,32)(H,30,33). The molecule has 34 heavy (non-hydrogen) atoms. The van der Waals surface area contributed by atoms with Gasteiger partial charge in [0.1, 0.15) is 5.56 Å². The van der Waals surface area contributed by atoms with Crippen LogP contribution in [0.1, 0.15) is 27.5 Å². The van der Waals surface area contributed by atoms with Gasteiger partial charge in [-0.25, -0.2) is 0 Å². The quantitative estimate of drug-likeness (QED) is 0.573. The maximum absolute atomic E-state index is 13.0. The van der Waals surface area contributed by atoms with Gasteiger partial charge in [-0.15, -0.1) is 0 Å². The summed E-state index contributed by atoms with van der Waals surface area (Å²) in [4.78, 5) is 30.1. The Morgan fingerprint density at radius 2 is 1.68 bits per heavy atom. The van der Waals surface area contributed by atoms with E-state index in [1.807, 2.05) is 30.3 Å². The molecule has 0 aliphatic carbocycles. The second-order valence-corrected chi connectivity index (χ2v) is 7.97. The van der Waals surface area contributed by atoms with Crippen LogP contribution in [-0.4, -0.2) is 48.6 Å². The van der Waals surface area contributed by atoms with Gasteiger partial charge in [0, 0.05) is 25.3 Å². The number of alkyl halides is 3. The molecule has 4 rings (SSSR count). The number of aromatic amines is 1. The number of nitrogens with one attached hydrogen (secondary N) is 2. The average molecular weight is 471 g/mol. The molecule has 0 bridgehead atoms. The summed E-state index contributed by atoms with van der Waals surface area (Å²) in [7, 11) is 0. The summed E-state index contributed by atoms with van der Waals surface area (Å²) in [6, 6.07) is 17.0. The van der Waals surface area contributed by atoms with Crippen LogP contribution in [0.4, 0.5) is 13.2 Å². The minimum absolute atomic E-state index is 0.0344. The van der Waals surface area contributed by atoms with Gasteiger partial charge in [-0.05, 0) is 35.4 Å². The van der Waals surface area contributed by atoms with E-state index in [2.05, 4.69) is 15.2 Å². The fraction of sp³-hybridized carbons (Fsp3) is 0.280. The third kappa shape index (κ3) is 5.55. The molecule has 1 aliphatic heterocycles. The molecule has 1 unspecified atom stereocenters. The van der Waals surface area contributed by atoms with Gasteiger partial charge in [0.15, 0.2) is 0 Å². The Labute approximate surface area is 194 Å². The van der Waals surface area contributed by atoms with Crippen molar-refractivity contribution in [2.24, 2.45) is 0 Å². The number of hydrogen-bond acceptors (Lipinski definition) is 4. The summed E-state index contributed by atoms with van der Waals surface area (Å²) in [5.41, 5.74) is 0.776. The summed E-state index contributed by atoms with van der Waals surface area (Å²) in [5, 5.41) is 2.78. The first-order valence-corrected chi connectivity index (χ1v) is 10.9. The molecular formula is C25H24F3N3O3. The Morgan fingerprint density at radius 3 is 2.29 bits per heavy atom. The molecule has 0 spiro atoms. The van der Waals surface area contributed by atoms with E-state index < -0.39 is 23.2 Å². The predicted octanol–water partition coefficient (Wildman–Crippen LogP) is 3.86. The smallest absolute Gasteiger partial charge is 0.379 e. The Hall–Kier alpha value is -3.43. The Kier molecular flexibility index (Phi) is 7.14. The van der Waals surface area contributed by atoms with Gasteiger partial charge in [0.25, 0.3) is 11.5 Å². The molecule has 2 heterocycles. The fourth-order valence-electron chi connectivity index (χ4n) is 3.96. The number of pyridine rings is 1. The molecule has 178 valence electrons. The first-order valence-electron chi connectivity index (χ1n) is 10.9. The van der Waals surface area contributed by atoms with Crippen LogP contribution >= 0.6 is 0 Å². The topological polar surface area (TPSA) is 74.4 Å². The van der Waals surface area contributed by atoms with Crippen LogP contribution in [0, 0.1) is 0 Å². The van der Waals surface area contributed by atoms with Gasteiger partial charge in [0.05, 0.1) is 24.8 Å². The van der Waals surface area contributed by atoms with E-state index in [4.69, 9.17) is 4.74 Å². The monoisotopic (exact) mass is 471 g/mol. The van der Waals surface area contributed by atoms with Gasteiger partial charge in [-0.2, -0.15) is 13.2 Å². The number of carbonyl (C=O) groups is 1. The number of rotatable bonds is 6. The first-order chi connectivity index (χ1) is 16.3. The number of hydrogen-bond donors (Lipinski definition) is 2. The van der Waals surface area contributed by atoms with E-state index in [0.29, 0.717) is 37.6 Å².